The standard InChI is InChI=1S/C13H18N2O2/c1-15-8-7-11(13(15)16)14-9-10-5-3-4-6-12(10)17-2/h3-6,11,14H,7-9H2,1-2H3. The van der Waals surface area contributed by atoms with E-state index in [1.807, 2.05) is 31.3 Å². The Bertz CT molecular complexity index is 406. The molecule has 0 aliphatic carbocycles. The number of amides is 1. The van der Waals surface area contributed by atoms with Crippen LogP contribution in [0.25, 0.3) is 0 Å². The Balaban J connectivity index is 1.96. The second-order valence-electron chi connectivity index (χ2n) is 4.29. The smallest absolute Gasteiger partial charge is 0.239 e. The number of benzene rings is 1. The first-order chi connectivity index (χ1) is 8.22. The summed E-state index contributed by atoms with van der Waals surface area (Å²) >= 11 is 0. The summed E-state index contributed by atoms with van der Waals surface area (Å²) in [5, 5.41) is 3.28. The van der Waals surface area contributed by atoms with Gasteiger partial charge in [-0.05, 0) is 12.5 Å². The van der Waals surface area contributed by atoms with Crippen LogP contribution in [0.1, 0.15) is 12.0 Å². The molecule has 1 saturated heterocycles. The van der Waals surface area contributed by atoms with Crippen molar-refractivity contribution in [1.82, 2.24) is 10.2 Å². The quantitative estimate of drug-likeness (QED) is 0.845. The second-order valence-corrected chi connectivity index (χ2v) is 4.29. The Labute approximate surface area is 102 Å². The summed E-state index contributed by atoms with van der Waals surface area (Å²) in [6, 6.07) is 7.80. The minimum absolute atomic E-state index is 0.0510. The molecule has 0 saturated carbocycles. The van der Waals surface area contributed by atoms with Crippen molar-refractivity contribution in [3.05, 3.63) is 29.8 Å². The van der Waals surface area contributed by atoms with E-state index in [9.17, 15) is 4.79 Å². The van der Waals surface area contributed by atoms with Crippen molar-refractivity contribution in [3.8, 4) is 5.75 Å². The first-order valence-corrected chi connectivity index (χ1v) is 5.82. The zero-order valence-corrected chi connectivity index (χ0v) is 10.3. The highest BCUT2D eigenvalue weighted by molar-refractivity contribution is 5.83. The number of methoxy groups -OCH3 is 1. The largest absolute Gasteiger partial charge is 0.496 e. The zero-order valence-electron chi connectivity index (χ0n) is 10.3. The summed E-state index contributed by atoms with van der Waals surface area (Å²) in [7, 11) is 3.50. The predicted molar refractivity (Wildman–Crippen MR) is 65.9 cm³/mol. The first-order valence-electron chi connectivity index (χ1n) is 5.82. The fourth-order valence-corrected chi connectivity index (χ4v) is 2.09. The van der Waals surface area contributed by atoms with Gasteiger partial charge in [-0.2, -0.15) is 0 Å². The van der Waals surface area contributed by atoms with E-state index >= 15 is 0 Å². The Morgan fingerprint density at radius 1 is 1.47 bits per heavy atom. The Kier molecular flexibility index (Phi) is 3.64. The van der Waals surface area contributed by atoms with Gasteiger partial charge in [0.1, 0.15) is 5.75 Å². The number of hydrogen-bond acceptors (Lipinski definition) is 3. The lowest BCUT2D eigenvalue weighted by atomic mass is 10.1. The Hall–Kier alpha value is -1.55. The number of carbonyl (C=O) groups is 1. The Morgan fingerprint density at radius 2 is 2.24 bits per heavy atom. The maximum atomic E-state index is 11.7. The van der Waals surface area contributed by atoms with Crippen molar-refractivity contribution in [1.29, 1.82) is 0 Å². The molecule has 2 rings (SSSR count). The molecule has 0 aromatic heterocycles. The third kappa shape index (κ3) is 2.58. The van der Waals surface area contributed by atoms with Gasteiger partial charge in [-0.3, -0.25) is 4.79 Å². The summed E-state index contributed by atoms with van der Waals surface area (Å²) in [6.45, 7) is 1.50. The van der Waals surface area contributed by atoms with Crippen molar-refractivity contribution in [2.75, 3.05) is 20.7 Å². The molecule has 0 spiro atoms. The molecule has 1 unspecified atom stereocenters. The topological polar surface area (TPSA) is 41.6 Å². The van der Waals surface area contributed by atoms with E-state index in [0.29, 0.717) is 6.54 Å². The molecular formula is C13H18N2O2. The molecule has 1 amide bonds. The van der Waals surface area contributed by atoms with Crippen LogP contribution in [0.4, 0.5) is 0 Å². The fourth-order valence-electron chi connectivity index (χ4n) is 2.09. The van der Waals surface area contributed by atoms with E-state index < -0.39 is 0 Å². The Morgan fingerprint density at radius 3 is 2.88 bits per heavy atom. The van der Waals surface area contributed by atoms with Gasteiger partial charge < -0.3 is 15.0 Å². The third-order valence-electron chi connectivity index (χ3n) is 3.16. The fraction of sp³-hybridized carbons (Fsp3) is 0.462. The second kappa shape index (κ2) is 5.19. The predicted octanol–water partition coefficient (Wildman–Crippen LogP) is 1.02. The van der Waals surface area contributed by atoms with E-state index in [2.05, 4.69) is 5.32 Å². The maximum Gasteiger partial charge on any atom is 0.239 e. The average Bonchev–Trinajstić information content (AvgIpc) is 2.68. The van der Waals surface area contributed by atoms with Crippen molar-refractivity contribution in [2.45, 2.75) is 19.0 Å². The summed E-state index contributed by atoms with van der Waals surface area (Å²) in [4.78, 5) is 13.5. The lowest BCUT2D eigenvalue weighted by Gasteiger charge is -2.13. The van der Waals surface area contributed by atoms with Gasteiger partial charge in [0.15, 0.2) is 0 Å². The monoisotopic (exact) mass is 234 g/mol. The number of para-hydroxylation sites is 1. The minimum Gasteiger partial charge on any atom is -0.496 e. The number of nitrogens with zero attached hydrogens (tertiary/aromatic N) is 1. The molecule has 1 fully saturated rings. The molecule has 92 valence electrons. The molecule has 0 bridgehead atoms. The van der Waals surface area contributed by atoms with Gasteiger partial charge >= 0.3 is 0 Å². The number of likely N-dealkylation sites (tertiary alicyclic amines) is 1. The van der Waals surface area contributed by atoms with Crippen molar-refractivity contribution in [3.63, 3.8) is 0 Å². The molecule has 0 radical (unpaired) electrons. The lowest BCUT2D eigenvalue weighted by molar-refractivity contribution is -0.128. The van der Waals surface area contributed by atoms with Gasteiger partial charge in [-0.25, -0.2) is 0 Å². The summed E-state index contributed by atoms with van der Waals surface area (Å²) in [6.07, 6.45) is 0.879. The van der Waals surface area contributed by atoms with Crippen LogP contribution in [0.3, 0.4) is 0 Å². The number of carbonyl (C=O) groups excluding carboxylic acids is 1. The van der Waals surface area contributed by atoms with Crippen molar-refractivity contribution in [2.24, 2.45) is 0 Å². The number of ether oxygens (including phenoxy) is 1. The van der Waals surface area contributed by atoms with E-state index in [1.54, 1.807) is 12.0 Å². The van der Waals surface area contributed by atoms with Crippen LogP contribution in [0.5, 0.6) is 5.75 Å². The molecule has 1 atom stereocenters. The van der Waals surface area contributed by atoms with Gasteiger partial charge in [0.05, 0.1) is 13.2 Å². The van der Waals surface area contributed by atoms with Gasteiger partial charge in [0.2, 0.25) is 5.91 Å². The highest BCUT2D eigenvalue weighted by Crippen LogP contribution is 2.18. The highest BCUT2D eigenvalue weighted by Gasteiger charge is 2.28. The van der Waals surface area contributed by atoms with Gasteiger partial charge in [0, 0.05) is 25.7 Å². The van der Waals surface area contributed by atoms with Crippen LogP contribution in [-0.2, 0) is 11.3 Å². The molecule has 1 aromatic carbocycles. The molecule has 1 heterocycles. The normalized spacial score (nSPS) is 19.8. The molecule has 1 N–H and O–H groups in total. The summed E-state index contributed by atoms with van der Waals surface area (Å²) in [5.41, 5.74) is 1.08. The van der Waals surface area contributed by atoms with Crippen LogP contribution in [-0.4, -0.2) is 37.6 Å². The van der Waals surface area contributed by atoms with Gasteiger partial charge in [-0.15, -0.1) is 0 Å². The molecule has 4 heteroatoms. The number of likely N-dealkylation sites (N-methyl/N-ethyl adjacent to an activating group) is 1. The SMILES string of the molecule is COc1ccccc1CNC1CCN(C)C1=O. The van der Waals surface area contributed by atoms with Crippen LogP contribution >= 0.6 is 0 Å². The van der Waals surface area contributed by atoms with Gasteiger partial charge in [-0.1, -0.05) is 18.2 Å². The van der Waals surface area contributed by atoms with E-state index in [0.717, 1.165) is 24.3 Å². The maximum absolute atomic E-state index is 11.7. The highest BCUT2D eigenvalue weighted by atomic mass is 16.5. The molecule has 1 aliphatic rings. The van der Waals surface area contributed by atoms with E-state index in [4.69, 9.17) is 4.74 Å². The molecule has 1 aliphatic heterocycles. The average molecular weight is 234 g/mol. The van der Waals surface area contributed by atoms with Crippen LogP contribution < -0.4 is 10.1 Å². The van der Waals surface area contributed by atoms with Crippen molar-refractivity contribution < 1.29 is 9.53 Å². The van der Waals surface area contributed by atoms with E-state index in [1.165, 1.54) is 0 Å². The van der Waals surface area contributed by atoms with Gasteiger partial charge in [0.25, 0.3) is 0 Å². The molecule has 4 nitrogen and oxygen atoms in total. The third-order valence-corrected chi connectivity index (χ3v) is 3.16. The molecular weight excluding hydrogens is 216 g/mol. The number of rotatable bonds is 4. The lowest BCUT2D eigenvalue weighted by Crippen LogP contribution is -2.36. The van der Waals surface area contributed by atoms with Crippen LogP contribution in [0, 0.1) is 0 Å². The number of nitrogens with one attached hydrogen (secondary N) is 1. The molecule has 1 aromatic rings. The van der Waals surface area contributed by atoms with Crippen LogP contribution in [0.15, 0.2) is 24.3 Å². The summed E-state index contributed by atoms with van der Waals surface area (Å²) in [5.74, 6) is 1.04. The van der Waals surface area contributed by atoms with E-state index in [-0.39, 0.29) is 11.9 Å². The first kappa shape index (κ1) is 11.9. The molecule has 17 heavy (non-hydrogen) atoms. The summed E-state index contributed by atoms with van der Waals surface area (Å²) < 4.78 is 5.27. The minimum atomic E-state index is -0.0510. The van der Waals surface area contributed by atoms with Crippen molar-refractivity contribution >= 4 is 5.91 Å². The number of hydrogen-bond donors (Lipinski definition) is 1. The zero-order chi connectivity index (χ0) is 12.3. The van der Waals surface area contributed by atoms with Crippen LogP contribution in [0.2, 0.25) is 0 Å².